The molecule has 0 saturated carbocycles. The molecule has 0 spiro atoms. The molecular weight excluding hydrogens is 216 g/mol. The molecule has 0 aliphatic rings. The Hall–Kier alpha value is -1.36. The number of aromatic nitrogens is 2. The van der Waals surface area contributed by atoms with Gasteiger partial charge in [-0.1, -0.05) is 6.92 Å². The maximum atomic E-state index is 11.9. The summed E-state index contributed by atoms with van der Waals surface area (Å²) in [5.41, 5.74) is 6.76. The first kappa shape index (κ1) is 13.7. The minimum Gasteiger partial charge on any atom is -0.349 e. The van der Waals surface area contributed by atoms with Crippen molar-refractivity contribution in [3.63, 3.8) is 0 Å². The maximum Gasteiger partial charge on any atom is 0.226 e. The van der Waals surface area contributed by atoms with Crippen molar-refractivity contribution in [2.75, 3.05) is 20.6 Å². The van der Waals surface area contributed by atoms with Gasteiger partial charge < -0.3 is 15.2 Å². The van der Waals surface area contributed by atoms with E-state index in [0.717, 1.165) is 18.7 Å². The predicted octanol–water partition coefficient (Wildman–Crippen LogP) is 0.499. The van der Waals surface area contributed by atoms with E-state index in [-0.39, 0.29) is 11.8 Å². The standard InChI is InChI=1S/C12H22N4O/c1-4-5-16-9-14-8-11(16)6-10(7-13)12(17)15(2)3/h8-10H,4-7,13H2,1-3H3. The molecule has 0 aromatic carbocycles. The number of nitrogens with zero attached hydrogens (tertiary/aromatic N) is 3. The highest BCUT2D eigenvalue weighted by Gasteiger charge is 2.20. The molecule has 1 atom stereocenters. The van der Waals surface area contributed by atoms with E-state index in [1.807, 2.05) is 12.5 Å². The van der Waals surface area contributed by atoms with Gasteiger partial charge in [0.05, 0.1) is 12.2 Å². The number of hydrogen-bond acceptors (Lipinski definition) is 3. The average Bonchev–Trinajstić information content (AvgIpc) is 2.73. The van der Waals surface area contributed by atoms with E-state index in [1.165, 1.54) is 0 Å². The summed E-state index contributed by atoms with van der Waals surface area (Å²) in [6.45, 7) is 3.42. The molecule has 1 aromatic heterocycles. The van der Waals surface area contributed by atoms with Gasteiger partial charge in [-0.3, -0.25) is 4.79 Å². The summed E-state index contributed by atoms with van der Waals surface area (Å²) in [5.74, 6) is -0.0749. The molecule has 2 N–H and O–H groups in total. The van der Waals surface area contributed by atoms with E-state index in [4.69, 9.17) is 5.73 Å². The van der Waals surface area contributed by atoms with Crippen LogP contribution in [-0.2, 0) is 17.8 Å². The highest BCUT2D eigenvalue weighted by atomic mass is 16.2. The van der Waals surface area contributed by atoms with E-state index < -0.39 is 0 Å². The van der Waals surface area contributed by atoms with Crippen LogP contribution in [0.2, 0.25) is 0 Å². The normalized spacial score (nSPS) is 12.5. The van der Waals surface area contributed by atoms with Crippen molar-refractivity contribution in [2.45, 2.75) is 26.3 Å². The van der Waals surface area contributed by atoms with Crippen molar-refractivity contribution in [1.82, 2.24) is 14.5 Å². The maximum absolute atomic E-state index is 11.9. The Labute approximate surface area is 103 Å². The quantitative estimate of drug-likeness (QED) is 0.785. The molecule has 0 aliphatic heterocycles. The SMILES string of the molecule is CCCn1cncc1CC(CN)C(=O)N(C)C. The summed E-state index contributed by atoms with van der Waals surface area (Å²) in [5, 5.41) is 0. The van der Waals surface area contributed by atoms with Crippen LogP contribution in [0.5, 0.6) is 0 Å². The van der Waals surface area contributed by atoms with Crippen LogP contribution in [0, 0.1) is 5.92 Å². The van der Waals surface area contributed by atoms with Gasteiger partial charge in [0, 0.05) is 45.5 Å². The predicted molar refractivity (Wildman–Crippen MR) is 67.5 cm³/mol. The number of hydrogen-bond donors (Lipinski definition) is 1. The lowest BCUT2D eigenvalue weighted by Gasteiger charge is -2.19. The fourth-order valence-electron chi connectivity index (χ4n) is 1.85. The third-order valence-electron chi connectivity index (χ3n) is 2.79. The third kappa shape index (κ3) is 3.56. The molecule has 1 rings (SSSR count). The molecule has 0 fully saturated rings. The van der Waals surface area contributed by atoms with Gasteiger partial charge in [-0.15, -0.1) is 0 Å². The molecule has 5 heteroatoms. The Kier molecular flexibility index (Phi) is 5.15. The number of carbonyl (C=O) groups excluding carboxylic acids is 1. The van der Waals surface area contributed by atoms with Crippen molar-refractivity contribution in [3.05, 3.63) is 18.2 Å². The molecule has 96 valence electrons. The van der Waals surface area contributed by atoms with Crippen LogP contribution in [0.4, 0.5) is 0 Å². The summed E-state index contributed by atoms with van der Waals surface area (Å²) in [6, 6.07) is 0. The van der Waals surface area contributed by atoms with Gasteiger partial charge in [0.25, 0.3) is 0 Å². The Balaban J connectivity index is 2.73. The van der Waals surface area contributed by atoms with Crippen LogP contribution < -0.4 is 5.73 Å². The molecule has 0 radical (unpaired) electrons. The third-order valence-corrected chi connectivity index (χ3v) is 2.79. The second-order valence-corrected chi connectivity index (χ2v) is 4.45. The summed E-state index contributed by atoms with van der Waals surface area (Å²) in [4.78, 5) is 17.6. The number of rotatable bonds is 6. The van der Waals surface area contributed by atoms with Crippen LogP contribution >= 0.6 is 0 Å². The van der Waals surface area contributed by atoms with E-state index in [2.05, 4.69) is 16.5 Å². The van der Waals surface area contributed by atoms with E-state index in [0.29, 0.717) is 13.0 Å². The lowest BCUT2D eigenvalue weighted by molar-refractivity contribution is -0.132. The average molecular weight is 238 g/mol. The molecule has 0 saturated heterocycles. The first-order valence-corrected chi connectivity index (χ1v) is 6.00. The van der Waals surface area contributed by atoms with Crippen LogP contribution in [0.1, 0.15) is 19.0 Å². The van der Waals surface area contributed by atoms with Gasteiger partial charge in [-0.2, -0.15) is 0 Å². The molecule has 0 aliphatic carbocycles. The van der Waals surface area contributed by atoms with Crippen molar-refractivity contribution >= 4 is 5.91 Å². The van der Waals surface area contributed by atoms with E-state index in [9.17, 15) is 4.79 Å². The van der Waals surface area contributed by atoms with Gasteiger partial charge in [-0.25, -0.2) is 4.98 Å². The fourth-order valence-corrected chi connectivity index (χ4v) is 1.85. The second-order valence-electron chi connectivity index (χ2n) is 4.45. The molecule has 1 heterocycles. The molecule has 1 unspecified atom stereocenters. The Morgan fingerprint density at radius 1 is 1.59 bits per heavy atom. The van der Waals surface area contributed by atoms with E-state index >= 15 is 0 Å². The minimum atomic E-state index is -0.155. The fraction of sp³-hybridized carbons (Fsp3) is 0.667. The van der Waals surface area contributed by atoms with Crippen LogP contribution in [0.25, 0.3) is 0 Å². The first-order valence-electron chi connectivity index (χ1n) is 6.00. The van der Waals surface area contributed by atoms with Gasteiger partial charge in [0.15, 0.2) is 0 Å². The Bertz CT molecular complexity index is 359. The topological polar surface area (TPSA) is 64.2 Å². The lowest BCUT2D eigenvalue weighted by Crippen LogP contribution is -2.35. The molecule has 5 nitrogen and oxygen atoms in total. The van der Waals surface area contributed by atoms with Crippen molar-refractivity contribution in [3.8, 4) is 0 Å². The molecule has 1 aromatic rings. The van der Waals surface area contributed by atoms with Gasteiger partial charge >= 0.3 is 0 Å². The smallest absolute Gasteiger partial charge is 0.226 e. The number of imidazole rings is 1. The molecule has 0 bridgehead atoms. The zero-order valence-electron chi connectivity index (χ0n) is 10.9. The molecule has 1 amide bonds. The molecular formula is C12H22N4O. The van der Waals surface area contributed by atoms with Gasteiger partial charge in [-0.05, 0) is 6.42 Å². The van der Waals surface area contributed by atoms with Gasteiger partial charge in [0.1, 0.15) is 0 Å². The largest absolute Gasteiger partial charge is 0.349 e. The van der Waals surface area contributed by atoms with Crippen molar-refractivity contribution in [2.24, 2.45) is 11.7 Å². The number of nitrogens with two attached hydrogens (primary N) is 1. The van der Waals surface area contributed by atoms with Crippen molar-refractivity contribution < 1.29 is 4.79 Å². The zero-order chi connectivity index (χ0) is 12.8. The Morgan fingerprint density at radius 2 is 2.29 bits per heavy atom. The lowest BCUT2D eigenvalue weighted by atomic mass is 10.0. The molecule has 17 heavy (non-hydrogen) atoms. The number of amides is 1. The van der Waals surface area contributed by atoms with Crippen LogP contribution in [0.3, 0.4) is 0 Å². The number of aryl methyl sites for hydroxylation is 1. The first-order chi connectivity index (χ1) is 8.10. The second kappa shape index (κ2) is 6.39. The summed E-state index contributed by atoms with van der Waals surface area (Å²) >= 11 is 0. The highest BCUT2D eigenvalue weighted by molar-refractivity contribution is 5.78. The van der Waals surface area contributed by atoms with Crippen molar-refractivity contribution in [1.29, 1.82) is 0 Å². The summed E-state index contributed by atoms with van der Waals surface area (Å²) < 4.78 is 2.09. The minimum absolute atomic E-state index is 0.0803. The van der Waals surface area contributed by atoms with Crippen LogP contribution in [0.15, 0.2) is 12.5 Å². The monoisotopic (exact) mass is 238 g/mol. The highest BCUT2D eigenvalue weighted by Crippen LogP contribution is 2.10. The van der Waals surface area contributed by atoms with Crippen LogP contribution in [-0.4, -0.2) is 41.0 Å². The summed E-state index contributed by atoms with van der Waals surface area (Å²) in [7, 11) is 3.52. The number of carbonyl (C=O) groups is 1. The zero-order valence-corrected chi connectivity index (χ0v) is 10.9. The van der Waals surface area contributed by atoms with E-state index in [1.54, 1.807) is 19.0 Å². The Morgan fingerprint density at radius 3 is 2.82 bits per heavy atom. The summed E-state index contributed by atoms with van der Waals surface area (Å²) in [6.07, 6.45) is 5.35. The van der Waals surface area contributed by atoms with Gasteiger partial charge in [0.2, 0.25) is 5.91 Å².